The predicted octanol–water partition coefficient (Wildman–Crippen LogP) is -1.08. The summed E-state index contributed by atoms with van der Waals surface area (Å²) in [6.45, 7) is 0.308. The average molecular weight is 190 g/mol. The molecule has 12 heavy (non-hydrogen) atoms. The van der Waals surface area contributed by atoms with E-state index in [-0.39, 0.29) is 25.0 Å². The standard InChI is InChI=1S/C6H10N2O3S/c1-12(11)3-2-8-5(9)4-7-6(8)10/h2-4H2,1H3,(H,7,10). The topological polar surface area (TPSA) is 66.5 Å². The van der Waals surface area contributed by atoms with Gasteiger partial charge in [0.25, 0.3) is 0 Å². The molecular formula is C6H10N2O3S. The Labute approximate surface area is 72.6 Å². The number of rotatable bonds is 3. The van der Waals surface area contributed by atoms with Crippen molar-refractivity contribution in [3.63, 3.8) is 0 Å². The van der Waals surface area contributed by atoms with Crippen molar-refractivity contribution < 1.29 is 13.8 Å². The molecule has 1 saturated heterocycles. The van der Waals surface area contributed by atoms with Gasteiger partial charge in [-0.3, -0.25) is 13.9 Å². The molecule has 1 heterocycles. The molecule has 1 atom stereocenters. The van der Waals surface area contributed by atoms with Gasteiger partial charge in [0.2, 0.25) is 5.91 Å². The molecule has 0 radical (unpaired) electrons. The average Bonchev–Trinajstić information content (AvgIpc) is 2.28. The summed E-state index contributed by atoms with van der Waals surface area (Å²) in [6, 6.07) is -0.384. The van der Waals surface area contributed by atoms with Gasteiger partial charge < -0.3 is 5.32 Å². The third-order valence-electron chi connectivity index (χ3n) is 1.54. The van der Waals surface area contributed by atoms with E-state index in [2.05, 4.69) is 5.32 Å². The summed E-state index contributed by atoms with van der Waals surface area (Å²) in [6.07, 6.45) is 1.54. The van der Waals surface area contributed by atoms with Gasteiger partial charge in [0.05, 0.1) is 6.54 Å². The van der Waals surface area contributed by atoms with Crippen LogP contribution in [0.1, 0.15) is 0 Å². The zero-order valence-electron chi connectivity index (χ0n) is 6.70. The molecule has 0 aromatic rings. The van der Waals surface area contributed by atoms with E-state index >= 15 is 0 Å². The highest BCUT2D eigenvalue weighted by Gasteiger charge is 2.27. The van der Waals surface area contributed by atoms with Crippen molar-refractivity contribution >= 4 is 22.7 Å². The summed E-state index contributed by atoms with van der Waals surface area (Å²) in [5.74, 6) is 0.101. The van der Waals surface area contributed by atoms with Crippen LogP contribution in [0.2, 0.25) is 0 Å². The molecule has 3 amide bonds. The normalized spacial score (nSPS) is 19.6. The van der Waals surface area contributed by atoms with Crippen LogP contribution in [0.25, 0.3) is 0 Å². The lowest BCUT2D eigenvalue weighted by atomic mass is 10.5. The van der Waals surface area contributed by atoms with Gasteiger partial charge in [-0.05, 0) is 0 Å². The van der Waals surface area contributed by atoms with Crippen LogP contribution in [0.3, 0.4) is 0 Å². The van der Waals surface area contributed by atoms with Crippen LogP contribution in [-0.4, -0.2) is 46.1 Å². The summed E-state index contributed by atoms with van der Waals surface area (Å²) in [7, 11) is -0.965. The Balaban J connectivity index is 2.45. The molecule has 1 rings (SSSR count). The number of amides is 3. The van der Waals surface area contributed by atoms with Gasteiger partial charge in [0.1, 0.15) is 0 Å². The minimum Gasteiger partial charge on any atom is -0.329 e. The molecule has 68 valence electrons. The summed E-state index contributed by atoms with van der Waals surface area (Å²) >= 11 is 0. The van der Waals surface area contributed by atoms with Gasteiger partial charge in [0.15, 0.2) is 0 Å². The van der Waals surface area contributed by atoms with Crippen molar-refractivity contribution in [2.45, 2.75) is 0 Å². The molecule has 1 aliphatic heterocycles. The van der Waals surface area contributed by atoms with Crippen LogP contribution < -0.4 is 5.32 Å². The fourth-order valence-corrected chi connectivity index (χ4v) is 1.34. The molecule has 0 saturated carbocycles. The van der Waals surface area contributed by atoms with E-state index in [0.29, 0.717) is 5.75 Å². The molecule has 0 spiro atoms. The molecule has 1 unspecified atom stereocenters. The maximum absolute atomic E-state index is 10.9. The molecule has 1 N–H and O–H groups in total. The third kappa shape index (κ3) is 2.04. The fraction of sp³-hybridized carbons (Fsp3) is 0.667. The first kappa shape index (κ1) is 9.18. The Morgan fingerprint density at radius 3 is 2.67 bits per heavy atom. The van der Waals surface area contributed by atoms with Gasteiger partial charge in [-0.15, -0.1) is 0 Å². The predicted molar refractivity (Wildman–Crippen MR) is 44.0 cm³/mol. The van der Waals surface area contributed by atoms with E-state index in [1.54, 1.807) is 6.26 Å². The fourth-order valence-electron chi connectivity index (χ4n) is 0.901. The van der Waals surface area contributed by atoms with Crippen molar-refractivity contribution in [1.82, 2.24) is 10.2 Å². The number of hydrogen-bond donors (Lipinski definition) is 1. The maximum atomic E-state index is 10.9. The monoisotopic (exact) mass is 190 g/mol. The molecule has 0 aromatic carbocycles. The van der Waals surface area contributed by atoms with Crippen molar-refractivity contribution in [2.24, 2.45) is 0 Å². The Hall–Kier alpha value is -0.910. The first-order chi connectivity index (χ1) is 5.61. The van der Waals surface area contributed by atoms with Crippen LogP contribution in [0.4, 0.5) is 4.79 Å². The van der Waals surface area contributed by atoms with Crippen molar-refractivity contribution in [3.05, 3.63) is 0 Å². The Kier molecular flexibility index (Phi) is 2.80. The molecule has 0 aliphatic carbocycles. The van der Waals surface area contributed by atoms with Gasteiger partial charge in [-0.25, -0.2) is 4.79 Å². The Bertz CT molecular complexity index is 225. The Morgan fingerprint density at radius 2 is 2.25 bits per heavy atom. The molecular weight excluding hydrogens is 180 g/mol. The lowest BCUT2D eigenvalue weighted by Gasteiger charge is -2.09. The van der Waals surface area contributed by atoms with Crippen LogP contribution in [0.15, 0.2) is 0 Å². The second-order valence-corrected chi connectivity index (χ2v) is 4.04. The van der Waals surface area contributed by atoms with Gasteiger partial charge >= 0.3 is 6.03 Å². The van der Waals surface area contributed by atoms with Crippen LogP contribution in [0, 0.1) is 0 Å². The van der Waals surface area contributed by atoms with Crippen molar-refractivity contribution in [3.8, 4) is 0 Å². The third-order valence-corrected chi connectivity index (χ3v) is 2.30. The number of nitrogens with one attached hydrogen (secondary N) is 1. The van der Waals surface area contributed by atoms with E-state index in [1.807, 2.05) is 0 Å². The first-order valence-corrected chi connectivity index (χ1v) is 5.22. The largest absolute Gasteiger partial charge is 0.329 e. The highest BCUT2D eigenvalue weighted by Crippen LogP contribution is 1.97. The number of urea groups is 1. The van der Waals surface area contributed by atoms with E-state index < -0.39 is 10.8 Å². The summed E-state index contributed by atoms with van der Waals surface area (Å²) in [5, 5.41) is 2.38. The summed E-state index contributed by atoms with van der Waals surface area (Å²) in [5.41, 5.74) is 0. The molecule has 6 heteroatoms. The van der Waals surface area contributed by atoms with E-state index in [0.717, 1.165) is 4.90 Å². The molecule has 1 fully saturated rings. The zero-order valence-corrected chi connectivity index (χ0v) is 7.52. The number of imide groups is 1. The summed E-state index contributed by atoms with van der Waals surface area (Å²) < 4.78 is 10.7. The van der Waals surface area contributed by atoms with Crippen molar-refractivity contribution in [2.75, 3.05) is 25.1 Å². The SMILES string of the molecule is CS(=O)CCN1C(=O)CNC1=O. The van der Waals surface area contributed by atoms with Gasteiger partial charge in [0, 0.05) is 29.4 Å². The number of hydrogen-bond acceptors (Lipinski definition) is 3. The molecule has 5 nitrogen and oxygen atoms in total. The highest BCUT2D eigenvalue weighted by atomic mass is 32.2. The van der Waals surface area contributed by atoms with Gasteiger partial charge in [-0.1, -0.05) is 0 Å². The van der Waals surface area contributed by atoms with E-state index in [4.69, 9.17) is 0 Å². The second kappa shape index (κ2) is 3.66. The van der Waals surface area contributed by atoms with E-state index in [9.17, 15) is 13.8 Å². The second-order valence-electron chi connectivity index (χ2n) is 2.48. The first-order valence-electron chi connectivity index (χ1n) is 3.49. The quantitative estimate of drug-likeness (QED) is 0.575. The maximum Gasteiger partial charge on any atom is 0.324 e. The number of nitrogens with zero attached hydrogens (tertiary/aromatic N) is 1. The number of carbonyl (C=O) groups excluding carboxylic acids is 2. The minimum absolute atomic E-state index is 0.0647. The Morgan fingerprint density at radius 1 is 1.58 bits per heavy atom. The van der Waals surface area contributed by atoms with Crippen LogP contribution in [-0.2, 0) is 15.6 Å². The smallest absolute Gasteiger partial charge is 0.324 e. The van der Waals surface area contributed by atoms with E-state index in [1.165, 1.54) is 0 Å². The lowest BCUT2D eigenvalue weighted by Crippen LogP contribution is -2.34. The lowest BCUT2D eigenvalue weighted by molar-refractivity contribution is -0.124. The highest BCUT2D eigenvalue weighted by molar-refractivity contribution is 7.84. The van der Waals surface area contributed by atoms with Crippen molar-refractivity contribution in [1.29, 1.82) is 0 Å². The van der Waals surface area contributed by atoms with Crippen LogP contribution >= 0.6 is 0 Å². The number of carbonyl (C=O) groups is 2. The molecule has 1 aliphatic rings. The molecule has 0 bridgehead atoms. The van der Waals surface area contributed by atoms with Crippen LogP contribution in [0.5, 0.6) is 0 Å². The van der Waals surface area contributed by atoms with Gasteiger partial charge in [-0.2, -0.15) is 0 Å². The minimum atomic E-state index is -0.965. The zero-order chi connectivity index (χ0) is 9.14. The summed E-state index contributed by atoms with van der Waals surface area (Å²) in [4.78, 5) is 22.9. The molecule has 0 aromatic heterocycles.